The van der Waals surface area contributed by atoms with Crippen molar-refractivity contribution < 1.29 is 22.7 Å². The van der Waals surface area contributed by atoms with E-state index in [4.69, 9.17) is 4.74 Å². The largest absolute Gasteiger partial charge is 0.497 e. The Labute approximate surface area is 149 Å². The molecule has 0 heterocycles. The average Bonchev–Trinajstić information content (AvgIpc) is 2.59. The van der Waals surface area contributed by atoms with E-state index in [1.54, 1.807) is 36.4 Å². The quantitative estimate of drug-likeness (QED) is 0.680. The Morgan fingerprint density at radius 2 is 1.79 bits per heavy atom. The maximum Gasteiger partial charge on any atom is 0.326 e. The summed E-state index contributed by atoms with van der Waals surface area (Å²) in [7, 11) is -1.26. The minimum atomic E-state index is -3.94. The van der Waals surface area contributed by atoms with E-state index in [0.29, 0.717) is 11.4 Å². The minimum absolute atomic E-state index is 0.0671. The summed E-state index contributed by atoms with van der Waals surface area (Å²) >= 11 is 3.27. The Balaban J connectivity index is 2.52. The number of carbonyl (C=O) groups excluding carboxylic acids is 1. The van der Waals surface area contributed by atoms with Crippen LogP contribution in [-0.4, -0.2) is 35.2 Å². The Bertz CT molecular complexity index is 821. The highest BCUT2D eigenvalue weighted by Gasteiger charge is 2.27. The van der Waals surface area contributed by atoms with Crippen molar-refractivity contribution >= 4 is 37.6 Å². The predicted octanol–water partition coefficient (Wildman–Crippen LogP) is 2.83. The summed E-state index contributed by atoms with van der Waals surface area (Å²) in [6.07, 6.45) is 0. The van der Waals surface area contributed by atoms with Gasteiger partial charge in [-0.25, -0.2) is 8.42 Å². The maximum atomic E-state index is 13.0. The van der Waals surface area contributed by atoms with Crippen LogP contribution in [0.3, 0.4) is 0 Å². The van der Waals surface area contributed by atoms with E-state index in [1.807, 2.05) is 0 Å². The number of hydrogen-bond donors (Lipinski definition) is 0. The molecule has 2 aromatic rings. The van der Waals surface area contributed by atoms with Crippen LogP contribution in [0.25, 0.3) is 0 Å². The minimum Gasteiger partial charge on any atom is -0.497 e. The standard InChI is InChI=1S/C16H16BrNO5S/c1-22-14-5-3-4-13(10-14)18(11-16(19)23-2)24(20,21)15-8-6-12(17)7-9-15/h3-10H,11H2,1-2H3. The van der Waals surface area contributed by atoms with Crippen LogP contribution in [0, 0.1) is 0 Å². The number of esters is 1. The summed E-state index contributed by atoms with van der Waals surface area (Å²) in [6, 6.07) is 12.6. The molecule has 128 valence electrons. The van der Waals surface area contributed by atoms with Gasteiger partial charge in [0.05, 0.1) is 24.8 Å². The van der Waals surface area contributed by atoms with Crippen molar-refractivity contribution in [1.82, 2.24) is 0 Å². The molecule has 0 aliphatic carbocycles. The third-order valence-electron chi connectivity index (χ3n) is 3.24. The van der Waals surface area contributed by atoms with Gasteiger partial charge in [0.15, 0.2) is 0 Å². The third-order valence-corrected chi connectivity index (χ3v) is 5.56. The molecule has 0 unspecified atom stereocenters. The van der Waals surface area contributed by atoms with E-state index in [2.05, 4.69) is 20.7 Å². The topological polar surface area (TPSA) is 72.9 Å². The Hall–Kier alpha value is -2.06. The second-order valence-corrected chi connectivity index (χ2v) is 7.52. The van der Waals surface area contributed by atoms with Gasteiger partial charge in [-0.1, -0.05) is 22.0 Å². The maximum absolute atomic E-state index is 13.0. The smallest absolute Gasteiger partial charge is 0.326 e. The highest BCUT2D eigenvalue weighted by atomic mass is 79.9. The molecule has 2 rings (SSSR count). The van der Waals surface area contributed by atoms with Gasteiger partial charge in [0.25, 0.3) is 10.0 Å². The molecule has 0 saturated heterocycles. The van der Waals surface area contributed by atoms with Crippen molar-refractivity contribution in [2.45, 2.75) is 4.90 Å². The Morgan fingerprint density at radius 3 is 2.38 bits per heavy atom. The second kappa shape index (κ2) is 7.67. The van der Waals surface area contributed by atoms with Crippen molar-refractivity contribution in [2.24, 2.45) is 0 Å². The lowest BCUT2D eigenvalue weighted by molar-refractivity contribution is -0.138. The van der Waals surface area contributed by atoms with Gasteiger partial charge >= 0.3 is 5.97 Å². The molecule has 0 fully saturated rings. The Morgan fingerprint density at radius 1 is 1.12 bits per heavy atom. The number of hydrogen-bond acceptors (Lipinski definition) is 5. The fraction of sp³-hybridized carbons (Fsp3) is 0.188. The van der Waals surface area contributed by atoms with E-state index >= 15 is 0 Å². The van der Waals surface area contributed by atoms with Gasteiger partial charge in [-0.15, -0.1) is 0 Å². The molecule has 0 amide bonds. The first-order valence-electron chi connectivity index (χ1n) is 6.87. The van der Waals surface area contributed by atoms with Crippen LogP contribution >= 0.6 is 15.9 Å². The average molecular weight is 414 g/mol. The van der Waals surface area contributed by atoms with Crippen molar-refractivity contribution in [3.63, 3.8) is 0 Å². The van der Waals surface area contributed by atoms with Gasteiger partial charge in [-0.3, -0.25) is 9.10 Å². The molecule has 0 saturated carbocycles. The van der Waals surface area contributed by atoms with Crippen LogP contribution < -0.4 is 9.04 Å². The predicted molar refractivity (Wildman–Crippen MR) is 93.7 cm³/mol. The van der Waals surface area contributed by atoms with E-state index in [-0.39, 0.29) is 4.90 Å². The zero-order chi connectivity index (χ0) is 17.7. The summed E-state index contributed by atoms with van der Waals surface area (Å²) in [6.45, 7) is -0.442. The number of carbonyl (C=O) groups is 1. The SMILES string of the molecule is COC(=O)CN(c1cccc(OC)c1)S(=O)(=O)c1ccc(Br)cc1. The van der Waals surface area contributed by atoms with Gasteiger partial charge in [0, 0.05) is 10.5 Å². The van der Waals surface area contributed by atoms with Crippen LogP contribution in [0.2, 0.25) is 0 Å². The van der Waals surface area contributed by atoms with E-state index in [1.165, 1.54) is 26.4 Å². The molecule has 0 aromatic heterocycles. The van der Waals surface area contributed by atoms with Gasteiger partial charge in [-0.05, 0) is 36.4 Å². The summed E-state index contributed by atoms with van der Waals surface area (Å²) in [4.78, 5) is 11.8. The first-order chi connectivity index (χ1) is 11.4. The van der Waals surface area contributed by atoms with E-state index in [9.17, 15) is 13.2 Å². The highest BCUT2D eigenvalue weighted by molar-refractivity contribution is 9.10. The molecule has 24 heavy (non-hydrogen) atoms. The molecular formula is C16H16BrNO5S. The Kier molecular flexibility index (Phi) is 5.84. The fourth-order valence-corrected chi connectivity index (χ4v) is 3.66. The molecule has 0 bridgehead atoms. The third kappa shape index (κ3) is 4.07. The van der Waals surface area contributed by atoms with Crippen molar-refractivity contribution in [1.29, 1.82) is 0 Å². The summed E-state index contributed by atoms with van der Waals surface area (Å²) in [5, 5.41) is 0. The number of halogens is 1. The highest BCUT2D eigenvalue weighted by Crippen LogP contribution is 2.27. The lowest BCUT2D eigenvalue weighted by Gasteiger charge is -2.23. The normalized spacial score (nSPS) is 11.0. The van der Waals surface area contributed by atoms with E-state index in [0.717, 1.165) is 8.78 Å². The molecule has 0 spiro atoms. The summed E-state index contributed by atoms with van der Waals surface area (Å²) in [5.74, 6) is -0.188. The zero-order valence-electron chi connectivity index (χ0n) is 13.1. The molecule has 0 N–H and O–H groups in total. The molecule has 0 radical (unpaired) electrons. The first-order valence-corrected chi connectivity index (χ1v) is 9.11. The molecule has 0 aliphatic heterocycles. The number of benzene rings is 2. The molecule has 6 nitrogen and oxygen atoms in total. The molecule has 0 atom stereocenters. The van der Waals surface area contributed by atoms with Gasteiger partial charge in [-0.2, -0.15) is 0 Å². The molecule has 2 aromatic carbocycles. The number of sulfonamides is 1. The number of methoxy groups -OCH3 is 2. The summed E-state index contributed by atoms with van der Waals surface area (Å²) in [5.41, 5.74) is 0.308. The van der Waals surface area contributed by atoms with Crippen molar-refractivity contribution in [3.05, 3.63) is 53.0 Å². The molecule has 0 aliphatic rings. The molecular weight excluding hydrogens is 398 g/mol. The lowest BCUT2D eigenvalue weighted by atomic mass is 10.3. The fourth-order valence-electron chi connectivity index (χ4n) is 2.00. The summed E-state index contributed by atoms with van der Waals surface area (Å²) < 4.78 is 37.4. The number of rotatable bonds is 6. The van der Waals surface area contributed by atoms with Crippen molar-refractivity contribution in [3.8, 4) is 5.75 Å². The number of nitrogens with zero attached hydrogens (tertiary/aromatic N) is 1. The first kappa shape index (κ1) is 18.3. The molecule has 8 heteroatoms. The van der Waals surface area contributed by atoms with Crippen LogP contribution in [0.5, 0.6) is 5.75 Å². The van der Waals surface area contributed by atoms with Crippen LogP contribution in [0.1, 0.15) is 0 Å². The van der Waals surface area contributed by atoms with Crippen LogP contribution in [-0.2, 0) is 19.6 Å². The van der Waals surface area contributed by atoms with Crippen molar-refractivity contribution in [2.75, 3.05) is 25.1 Å². The monoisotopic (exact) mass is 413 g/mol. The van der Waals surface area contributed by atoms with Crippen LogP contribution in [0.15, 0.2) is 57.9 Å². The number of anilines is 1. The lowest BCUT2D eigenvalue weighted by Crippen LogP contribution is -2.36. The van der Waals surface area contributed by atoms with Gasteiger partial charge < -0.3 is 9.47 Å². The zero-order valence-corrected chi connectivity index (χ0v) is 15.5. The van der Waals surface area contributed by atoms with Gasteiger partial charge in [0.2, 0.25) is 0 Å². The second-order valence-electron chi connectivity index (χ2n) is 4.74. The van der Waals surface area contributed by atoms with Crippen LogP contribution in [0.4, 0.5) is 5.69 Å². The van der Waals surface area contributed by atoms with E-state index < -0.39 is 22.5 Å². The van der Waals surface area contributed by atoms with Gasteiger partial charge in [0.1, 0.15) is 12.3 Å². The number of ether oxygens (including phenoxy) is 2.